The molecule has 5 nitrogen and oxygen atoms in total. The van der Waals surface area contributed by atoms with Gasteiger partial charge in [0.15, 0.2) is 0 Å². The fourth-order valence-corrected chi connectivity index (χ4v) is 2.80. The maximum Gasteiger partial charge on any atom is 0.348 e. The van der Waals surface area contributed by atoms with Crippen LogP contribution in [0.15, 0.2) is 48.5 Å². The molecule has 1 heterocycles. The van der Waals surface area contributed by atoms with Crippen molar-refractivity contribution in [2.24, 2.45) is 0 Å². The van der Waals surface area contributed by atoms with E-state index in [1.807, 2.05) is 0 Å². The summed E-state index contributed by atoms with van der Waals surface area (Å²) in [6.07, 6.45) is -0.464. The van der Waals surface area contributed by atoms with Gasteiger partial charge in [0.2, 0.25) is 12.0 Å². The monoisotopic (exact) mass is 343 g/mol. The van der Waals surface area contributed by atoms with Crippen LogP contribution in [0.5, 0.6) is 5.75 Å². The SMILES string of the molecule is COC(=O)[C@@H]1CN(C(=O)CCc2ccccc2F)c2ccccc2O1. The summed E-state index contributed by atoms with van der Waals surface area (Å²) in [5.74, 6) is -0.622. The Balaban J connectivity index is 1.78. The van der Waals surface area contributed by atoms with Gasteiger partial charge in [-0.25, -0.2) is 9.18 Å². The molecule has 0 saturated heterocycles. The predicted octanol–water partition coefficient (Wildman–Crippen LogP) is 2.73. The van der Waals surface area contributed by atoms with Gasteiger partial charge in [0.05, 0.1) is 19.3 Å². The van der Waals surface area contributed by atoms with Gasteiger partial charge in [-0.1, -0.05) is 30.3 Å². The van der Waals surface area contributed by atoms with Gasteiger partial charge in [-0.15, -0.1) is 0 Å². The summed E-state index contributed by atoms with van der Waals surface area (Å²) in [6, 6.07) is 13.4. The van der Waals surface area contributed by atoms with Gasteiger partial charge in [0.25, 0.3) is 0 Å². The lowest BCUT2D eigenvalue weighted by molar-refractivity contribution is -0.148. The van der Waals surface area contributed by atoms with E-state index in [9.17, 15) is 14.0 Å². The number of hydrogen-bond acceptors (Lipinski definition) is 4. The fourth-order valence-electron chi connectivity index (χ4n) is 2.80. The third-order valence-corrected chi connectivity index (χ3v) is 4.10. The zero-order valence-corrected chi connectivity index (χ0v) is 13.8. The lowest BCUT2D eigenvalue weighted by Crippen LogP contribution is -2.47. The number of halogens is 1. The quantitative estimate of drug-likeness (QED) is 0.801. The summed E-state index contributed by atoms with van der Waals surface area (Å²) in [5, 5.41) is 0. The van der Waals surface area contributed by atoms with E-state index in [-0.39, 0.29) is 31.1 Å². The van der Waals surface area contributed by atoms with E-state index in [0.29, 0.717) is 17.0 Å². The first-order chi connectivity index (χ1) is 12.1. The Morgan fingerprint density at radius 1 is 1.20 bits per heavy atom. The largest absolute Gasteiger partial charge is 0.475 e. The Morgan fingerprint density at radius 2 is 1.92 bits per heavy atom. The number of ether oxygens (including phenoxy) is 2. The molecular weight excluding hydrogens is 325 g/mol. The second kappa shape index (κ2) is 7.34. The molecule has 0 saturated carbocycles. The van der Waals surface area contributed by atoms with Crippen molar-refractivity contribution in [1.82, 2.24) is 0 Å². The minimum absolute atomic E-state index is 0.0692. The summed E-state index contributed by atoms with van der Waals surface area (Å²) < 4.78 is 24.1. The summed E-state index contributed by atoms with van der Waals surface area (Å²) in [4.78, 5) is 26.0. The number of fused-ring (bicyclic) bond motifs is 1. The number of carbonyl (C=O) groups excluding carboxylic acids is 2. The number of esters is 1. The molecule has 1 amide bonds. The average Bonchev–Trinajstić information content (AvgIpc) is 2.65. The Bertz CT molecular complexity index is 792. The molecule has 0 aliphatic carbocycles. The fraction of sp³-hybridized carbons (Fsp3) is 0.263. The van der Waals surface area contributed by atoms with Gasteiger partial charge in [-0.3, -0.25) is 4.79 Å². The number of aryl methyl sites for hydroxylation is 1. The first-order valence-electron chi connectivity index (χ1n) is 7.97. The van der Waals surface area contributed by atoms with E-state index in [4.69, 9.17) is 9.47 Å². The first-order valence-corrected chi connectivity index (χ1v) is 7.97. The molecule has 2 aromatic rings. The Hall–Kier alpha value is -2.89. The molecule has 6 heteroatoms. The van der Waals surface area contributed by atoms with Gasteiger partial charge in [-0.2, -0.15) is 0 Å². The molecule has 1 aliphatic heterocycles. The topological polar surface area (TPSA) is 55.8 Å². The number of benzene rings is 2. The normalized spacial score (nSPS) is 15.9. The molecule has 25 heavy (non-hydrogen) atoms. The number of carbonyl (C=O) groups is 2. The smallest absolute Gasteiger partial charge is 0.348 e. The van der Waals surface area contributed by atoms with Crippen LogP contribution in [0.2, 0.25) is 0 Å². The Kier molecular flexibility index (Phi) is 4.97. The molecule has 0 spiro atoms. The van der Waals surface area contributed by atoms with Gasteiger partial charge in [-0.05, 0) is 30.2 Å². The highest BCUT2D eigenvalue weighted by molar-refractivity contribution is 5.96. The second-order valence-electron chi connectivity index (χ2n) is 5.69. The summed E-state index contributed by atoms with van der Waals surface area (Å²) in [5.41, 5.74) is 1.09. The van der Waals surface area contributed by atoms with E-state index < -0.39 is 12.1 Å². The highest BCUT2D eigenvalue weighted by Gasteiger charge is 2.34. The molecule has 3 rings (SSSR count). The molecule has 0 fully saturated rings. The summed E-state index contributed by atoms with van der Waals surface area (Å²) in [7, 11) is 1.27. The molecular formula is C19H18FNO4. The number of anilines is 1. The van der Waals surface area contributed by atoms with Crippen molar-refractivity contribution in [3.63, 3.8) is 0 Å². The minimum atomic E-state index is -0.877. The van der Waals surface area contributed by atoms with Crippen molar-refractivity contribution >= 4 is 17.6 Å². The third kappa shape index (κ3) is 3.63. The predicted molar refractivity (Wildman–Crippen MR) is 89.9 cm³/mol. The van der Waals surface area contributed by atoms with Crippen LogP contribution in [0, 0.1) is 5.82 Å². The molecule has 0 N–H and O–H groups in total. The van der Waals surface area contributed by atoms with Crippen LogP contribution < -0.4 is 9.64 Å². The van der Waals surface area contributed by atoms with Crippen LogP contribution in [-0.2, 0) is 20.7 Å². The molecule has 0 unspecified atom stereocenters. The van der Waals surface area contributed by atoms with Crippen LogP contribution in [-0.4, -0.2) is 31.6 Å². The van der Waals surface area contributed by atoms with Crippen LogP contribution in [0.25, 0.3) is 0 Å². The number of para-hydroxylation sites is 2. The van der Waals surface area contributed by atoms with Gasteiger partial charge in [0, 0.05) is 6.42 Å². The lowest BCUT2D eigenvalue weighted by atomic mass is 10.1. The van der Waals surface area contributed by atoms with Crippen molar-refractivity contribution in [2.75, 3.05) is 18.6 Å². The van der Waals surface area contributed by atoms with E-state index in [1.165, 1.54) is 18.1 Å². The van der Waals surface area contributed by atoms with Gasteiger partial charge >= 0.3 is 5.97 Å². The third-order valence-electron chi connectivity index (χ3n) is 4.10. The molecule has 0 bridgehead atoms. The molecule has 0 radical (unpaired) electrons. The van der Waals surface area contributed by atoms with Crippen molar-refractivity contribution in [3.05, 3.63) is 59.9 Å². The number of methoxy groups -OCH3 is 1. The van der Waals surface area contributed by atoms with Gasteiger partial charge in [0.1, 0.15) is 11.6 Å². The Labute approximate surface area is 145 Å². The van der Waals surface area contributed by atoms with E-state index in [1.54, 1.807) is 42.5 Å². The molecule has 130 valence electrons. The van der Waals surface area contributed by atoms with Crippen molar-refractivity contribution in [3.8, 4) is 5.75 Å². The maximum absolute atomic E-state index is 13.7. The van der Waals surface area contributed by atoms with Crippen molar-refractivity contribution in [1.29, 1.82) is 0 Å². The van der Waals surface area contributed by atoms with E-state index >= 15 is 0 Å². The highest BCUT2D eigenvalue weighted by atomic mass is 19.1. The maximum atomic E-state index is 13.7. The molecule has 1 atom stereocenters. The number of amides is 1. The second-order valence-corrected chi connectivity index (χ2v) is 5.69. The Morgan fingerprint density at radius 3 is 2.68 bits per heavy atom. The number of nitrogens with zero attached hydrogens (tertiary/aromatic N) is 1. The summed E-state index contributed by atoms with van der Waals surface area (Å²) >= 11 is 0. The van der Waals surface area contributed by atoms with Gasteiger partial charge < -0.3 is 14.4 Å². The molecule has 1 aliphatic rings. The minimum Gasteiger partial charge on any atom is -0.475 e. The molecule has 2 aromatic carbocycles. The zero-order valence-electron chi connectivity index (χ0n) is 13.8. The highest BCUT2D eigenvalue weighted by Crippen LogP contribution is 2.33. The summed E-state index contributed by atoms with van der Waals surface area (Å²) in [6.45, 7) is 0.0692. The van der Waals surface area contributed by atoms with Crippen LogP contribution >= 0.6 is 0 Å². The number of rotatable bonds is 4. The van der Waals surface area contributed by atoms with E-state index in [2.05, 4.69) is 0 Å². The number of hydrogen-bond donors (Lipinski definition) is 0. The lowest BCUT2D eigenvalue weighted by Gasteiger charge is -2.33. The average molecular weight is 343 g/mol. The van der Waals surface area contributed by atoms with Crippen LogP contribution in [0.3, 0.4) is 0 Å². The van der Waals surface area contributed by atoms with E-state index in [0.717, 1.165) is 0 Å². The van der Waals surface area contributed by atoms with Crippen molar-refractivity contribution in [2.45, 2.75) is 18.9 Å². The zero-order chi connectivity index (χ0) is 17.8. The van der Waals surface area contributed by atoms with Crippen LogP contribution in [0.1, 0.15) is 12.0 Å². The first kappa shape index (κ1) is 17.0. The van der Waals surface area contributed by atoms with Crippen LogP contribution in [0.4, 0.5) is 10.1 Å². The van der Waals surface area contributed by atoms with Crippen molar-refractivity contribution < 1.29 is 23.5 Å². The molecule has 0 aromatic heterocycles. The standard InChI is InChI=1S/C19H18FNO4/c1-24-19(23)17-12-21(15-8-4-5-9-16(15)25-17)18(22)11-10-13-6-2-3-7-14(13)20/h2-9,17H,10-12H2,1H3/t17-/m0/s1.